The molecule has 0 bridgehead atoms. The molecule has 2 atom stereocenters. The fourth-order valence-corrected chi connectivity index (χ4v) is 3.55. The van der Waals surface area contributed by atoms with Crippen molar-refractivity contribution in [3.05, 3.63) is 22.2 Å². The van der Waals surface area contributed by atoms with Gasteiger partial charge in [0.15, 0.2) is 0 Å². The predicted octanol–water partition coefficient (Wildman–Crippen LogP) is 3.94. The molecule has 2 aliphatic carbocycles. The third kappa shape index (κ3) is 2.32. The van der Waals surface area contributed by atoms with E-state index in [1.807, 2.05) is 13.0 Å². The predicted molar refractivity (Wildman–Crippen MR) is 73.0 cm³/mol. The van der Waals surface area contributed by atoms with Gasteiger partial charge in [-0.3, -0.25) is 0 Å². The third-order valence-electron chi connectivity index (χ3n) is 4.32. The van der Waals surface area contributed by atoms with Crippen LogP contribution in [0.15, 0.2) is 22.2 Å². The zero-order chi connectivity index (χ0) is 13.3. The van der Waals surface area contributed by atoms with E-state index in [2.05, 4.69) is 6.07 Å². The van der Waals surface area contributed by atoms with Gasteiger partial charge in [-0.25, -0.2) is 0 Å². The highest BCUT2D eigenvalue weighted by atomic mass is 35.5. The molecule has 0 heterocycles. The molecule has 0 aromatic heterocycles. The summed E-state index contributed by atoms with van der Waals surface area (Å²) in [6, 6.07) is 2.49. The van der Waals surface area contributed by atoms with Crippen LogP contribution in [0.3, 0.4) is 0 Å². The van der Waals surface area contributed by atoms with Crippen LogP contribution in [0.5, 0.6) is 0 Å². The van der Waals surface area contributed by atoms with Crippen molar-refractivity contribution >= 4 is 23.2 Å². The Hall–Kier alpha value is -0.490. The zero-order valence-corrected chi connectivity index (χ0v) is 11.9. The van der Waals surface area contributed by atoms with Crippen LogP contribution >= 0.6 is 23.2 Å². The Morgan fingerprint density at radius 1 is 1.39 bits per heavy atom. The summed E-state index contributed by atoms with van der Waals surface area (Å²) < 4.78 is 0. The SMILES string of the molecule is CC1C(Cl)=C(Cl)C=CC1[C@]1(C#N)CC[C@@H](O)CC1. The molecule has 2 nitrogen and oxygen atoms in total. The molecule has 0 aromatic rings. The molecule has 2 aliphatic rings. The van der Waals surface area contributed by atoms with E-state index in [9.17, 15) is 10.4 Å². The van der Waals surface area contributed by atoms with Crippen molar-refractivity contribution in [3.8, 4) is 6.07 Å². The lowest BCUT2D eigenvalue weighted by Crippen LogP contribution is -2.38. The second-order valence-corrected chi connectivity index (χ2v) is 6.18. The van der Waals surface area contributed by atoms with Gasteiger partial charge in [0.2, 0.25) is 0 Å². The van der Waals surface area contributed by atoms with Crippen molar-refractivity contribution in [3.63, 3.8) is 0 Å². The summed E-state index contributed by atoms with van der Waals surface area (Å²) in [4.78, 5) is 0. The molecule has 4 heteroatoms. The van der Waals surface area contributed by atoms with Gasteiger partial charge in [-0.1, -0.05) is 36.2 Å². The normalized spacial score (nSPS) is 40.7. The van der Waals surface area contributed by atoms with Gasteiger partial charge >= 0.3 is 0 Å². The highest BCUT2D eigenvalue weighted by molar-refractivity contribution is 6.40. The number of nitrogens with zero attached hydrogens (tertiary/aromatic N) is 1. The van der Waals surface area contributed by atoms with Crippen LogP contribution in [0.25, 0.3) is 0 Å². The molecule has 0 saturated heterocycles. The topological polar surface area (TPSA) is 44.0 Å². The lowest BCUT2D eigenvalue weighted by Gasteiger charge is -2.42. The second-order valence-electron chi connectivity index (χ2n) is 5.37. The molecular weight excluding hydrogens is 269 g/mol. The fourth-order valence-electron chi connectivity index (χ4n) is 3.11. The van der Waals surface area contributed by atoms with E-state index in [0.29, 0.717) is 22.9 Å². The average molecular weight is 286 g/mol. The van der Waals surface area contributed by atoms with Gasteiger partial charge in [0.25, 0.3) is 0 Å². The summed E-state index contributed by atoms with van der Waals surface area (Å²) in [5.41, 5.74) is -0.410. The van der Waals surface area contributed by atoms with E-state index in [0.717, 1.165) is 12.8 Å². The van der Waals surface area contributed by atoms with Crippen molar-refractivity contribution in [2.45, 2.75) is 38.7 Å². The van der Waals surface area contributed by atoms with Crippen molar-refractivity contribution in [2.24, 2.45) is 17.3 Å². The van der Waals surface area contributed by atoms with Gasteiger partial charge in [0.1, 0.15) is 0 Å². The number of halogens is 2. The largest absolute Gasteiger partial charge is 0.393 e. The molecule has 2 rings (SSSR count). The van der Waals surface area contributed by atoms with E-state index in [1.54, 1.807) is 6.08 Å². The first-order valence-electron chi connectivity index (χ1n) is 6.33. The number of aliphatic hydroxyl groups excluding tert-OH is 1. The van der Waals surface area contributed by atoms with Crippen LogP contribution in [-0.2, 0) is 0 Å². The van der Waals surface area contributed by atoms with E-state index < -0.39 is 5.41 Å². The summed E-state index contributed by atoms with van der Waals surface area (Å²) in [6.45, 7) is 2.02. The smallest absolute Gasteiger partial charge is 0.0696 e. The lowest BCUT2D eigenvalue weighted by atomic mass is 9.62. The van der Waals surface area contributed by atoms with Crippen LogP contribution in [-0.4, -0.2) is 11.2 Å². The summed E-state index contributed by atoms with van der Waals surface area (Å²) >= 11 is 12.2. The summed E-state index contributed by atoms with van der Waals surface area (Å²) in [5.74, 6) is 0.157. The van der Waals surface area contributed by atoms with Crippen molar-refractivity contribution in [1.29, 1.82) is 5.26 Å². The first-order chi connectivity index (χ1) is 8.50. The number of nitriles is 1. The molecule has 1 N–H and O–H groups in total. The van der Waals surface area contributed by atoms with Crippen molar-refractivity contribution < 1.29 is 5.11 Å². The first kappa shape index (κ1) is 13.9. The number of aliphatic hydroxyl groups is 1. The van der Waals surface area contributed by atoms with Gasteiger partial charge in [-0.15, -0.1) is 0 Å². The summed E-state index contributed by atoms with van der Waals surface area (Å²) in [5, 5.41) is 20.4. The Bertz CT molecular complexity index is 428. The Labute approximate surface area is 118 Å². The summed E-state index contributed by atoms with van der Waals surface area (Å²) in [7, 11) is 0. The molecule has 0 aliphatic heterocycles. The van der Waals surface area contributed by atoms with Gasteiger partial charge in [-0.05, 0) is 31.8 Å². The van der Waals surface area contributed by atoms with E-state index in [-0.39, 0.29) is 17.9 Å². The standard InChI is InChI=1S/C14H17Cl2NO/c1-9-11(2-3-12(15)13(9)16)14(8-17)6-4-10(18)5-7-14/h2-3,9-11,18H,4-7H2,1H3/t9?,10-,11?,14-. The quantitative estimate of drug-likeness (QED) is 0.793. The second kappa shape index (κ2) is 5.25. The maximum Gasteiger partial charge on any atom is 0.0696 e. The third-order valence-corrected chi connectivity index (χ3v) is 5.30. The van der Waals surface area contributed by atoms with Crippen LogP contribution in [0, 0.1) is 28.6 Å². The Morgan fingerprint density at radius 2 is 2.00 bits per heavy atom. The highest BCUT2D eigenvalue weighted by Gasteiger charge is 2.44. The Kier molecular flexibility index (Phi) is 4.06. The molecule has 98 valence electrons. The highest BCUT2D eigenvalue weighted by Crippen LogP contribution is 2.50. The van der Waals surface area contributed by atoms with Crippen LogP contribution in [0.4, 0.5) is 0 Å². The molecule has 18 heavy (non-hydrogen) atoms. The molecule has 0 radical (unpaired) electrons. The maximum atomic E-state index is 9.61. The van der Waals surface area contributed by atoms with E-state index in [1.165, 1.54) is 0 Å². The molecule has 1 fully saturated rings. The van der Waals surface area contributed by atoms with E-state index in [4.69, 9.17) is 23.2 Å². The first-order valence-corrected chi connectivity index (χ1v) is 7.08. The molecule has 0 aromatic carbocycles. The molecular formula is C14H17Cl2NO. The number of hydrogen-bond acceptors (Lipinski definition) is 2. The van der Waals surface area contributed by atoms with Crippen molar-refractivity contribution in [1.82, 2.24) is 0 Å². The molecule has 2 unspecified atom stereocenters. The van der Waals surface area contributed by atoms with Crippen LogP contribution in [0.2, 0.25) is 0 Å². The minimum absolute atomic E-state index is 0.0686. The number of allylic oxidation sites excluding steroid dienone is 4. The van der Waals surface area contributed by atoms with Crippen molar-refractivity contribution in [2.75, 3.05) is 0 Å². The van der Waals surface area contributed by atoms with Gasteiger partial charge in [-0.2, -0.15) is 5.26 Å². The number of rotatable bonds is 1. The van der Waals surface area contributed by atoms with Gasteiger partial charge in [0, 0.05) is 16.9 Å². The maximum absolute atomic E-state index is 9.61. The summed E-state index contributed by atoms with van der Waals surface area (Å²) in [6.07, 6.45) is 6.40. The van der Waals surface area contributed by atoms with Gasteiger partial charge < -0.3 is 5.11 Å². The minimum atomic E-state index is -0.410. The molecule has 1 saturated carbocycles. The Balaban J connectivity index is 2.26. The monoisotopic (exact) mass is 285 g/mol. The van der Waals surface area contributed by atoms with E-state index >= 15 is 0 Å². The minimum Gasteiger partial charge on any atom is -0.393 e. The average Bonchev–Trinajstić information content (AvgIpc) is 2.38. The lowest BCUT2D eigenvalue weighted by molar-refractivity contribution is 0.0609. The van der Waals surface area contributed by atoms with Crippen LogP contribution < -0.4 is 0 Å². The van der Waals surface area contributed by atoms with Crippen LogP contribution in [0.1, 0.15) is 32.6 Å². The molecule has 0 spiro atoms. The number of hydrogen-bond donors (Lipinski definition) is 1. The molecule has 0 amide bonds. The Morgan fingerprint density at radius 3 is 2.56 bits per heavy atom. The van der Waals surface area contributed by atoms with Gasteiger partial charge in [0.05, 0.1) is 22.6 Å². The fraction of sp³-hybridized carbons (Fsp3) is 0.643. The zero-order valence-electron chi connectivity index (χ0n) is 10.4.